The topological polar surface area (TPSA) is 50.2 Å². The van der Waals surface area contributed by atoms with Gasteiger partial charge in [-0.3, -0.25) is 4.98 Å². The number of fused-ring (bicyclic) bond motifs is 1. The zero-order chi connectivity index (χ0) is 11.7. The molecule has 4 heteroatoms. The van der Waals surface area contributed by atoms with Gasteiger partial charge >= 0.3 is 5.97 Å². The van der Waals surface area contributed by atoms with Crippen LogP contribution in [0.15, 0.2) is 24.4 Å². The summed E-state index contributed by atoms with van der Waals surface area (Å²) in [5.41, 5.74) is 1.59. The summed E-state index contributed by atoms with van der Waals surface area (Å²) in [6.07, 6.45) is 2.55. The number of hydrogen-bond acceptors (Lipinski definition) is 2. The summed E-state index contributed by atoms with van der Waals surface area (Å²) in [6, 6.07) is 5.32. The van der Waals surface area contributed by atoms with E-state index in [1.54, 1.807) is 18.3 Å². The van der Waals surface area contributed by atoms with Gasteiger partial charge in [-0.25, -0.2) is 4.79 Å². The largest absolute Gasteiger partial charge is 0.478 e. The fraction of sp³-hybridized carbons (Fsp3) is 0.167. The van der Waals surface area contributed by atoms with Crippen LogP contribution >= 0.6 is 11.6 Å². The van der Waals surface area contributed by atoms with Gasteiger partial charge in [0.2, 0.25) is 0 Å². The Hall–Kier alpha value is -1.61. The summed E-state index contributed by atoms with van der Waals surface area (Å²) in [7, 11) is 0. The van der Waals surface area contributed by atoms with Crippen LogP contribution in [0.4, 0.5) is 0 Å². The summed E-state index contributed by atoms with van der Waals surface area (Å²) < 4.78 is 0. The van der Waals surface area contributed by atoms with Crippen molar-refractivity contribution in [2.24, 2.45) is 0 Å². The molecule has 0 amide bonds. The summed E-state index contributed by atoms with van der Waals surface area (Å²) in [5, 5.41) is 10.1. The first-order chi connectivity index (χ1) is 7.63. The number of carboxylic acid groups (broad SMARTS) is 1. The van der Waals surface area contributed by atoms with Gasteiger partial charge in [-0.2, -0.15) is 0 Å². The lowest BCUT2D eigenvalue weighted by Gasteiger charge is -2.05. The lowest BCUT2D eigenvalue weighted by molar-refractivity contribution is 0.0699. The molecule has 1 N–H and O–H groups in total. The molecule has 0 aliphatic carbocycles. The van der Waals surface area contributed by atoms with Crippen LogP contribution in [0.2, 0.25) is 5.02 Å². The van der Waals surface area contributed by atoms with Gasteiger partial charge in [-0.1, -0.05) is 24.6 Å². The number of carbonyl (C=O) groups is 1. The predicted molar refractivity (Wildman–Crippen MR) is 63.1 cm³/mol. The second kappa shape index (κ2) is 4.10. The Labute approximate surface area is 97.7 Å². The summed E-state index contributed by atoms with van der Waals surface area (Å²) in [4.78, 5) is 15.2. The first kappa shape index (κ1) is 10.9. The average molecular weight is 236 g/mol. The Morgan fingerprint density at radius 1 is 1.50 bits per heavy atom. The maximum atomic E-state index is 11.1. The van der Waals surface area contributed by atoms with Gasteiger partial charge in [0.1, 0.15) is 5.56 Å². The zero-order valence-corrected chi connectivity index (χ0v) is 9.45. The van der Waals surface area contributed by atoms with Crippen LogP contribution in [-0.4, -0.2) is 16.1 Å². The highest BCUT2D eigenvalue weighted by molar-refractivity contribution is 6.35. The van der Waals surface area contributed by atoms with Crippen molar-refractivity contribution < 1.29 is 9.90 Å². The molecule has 0 unspecified atom stereocenters. The van der Waals surface area contributed by atoms with Crippen molar-refractivity contribution in [3.63, 3.8) is 0 Å². The highest BCUT2D eigenvalue weighted by atomic mass is 35.5. The fourth-order valence-corrected chi connectivity index (χ4v) is 1.85. The monoisotopic (exact) mass is 235 g/mol. The number of benzene rings is 1. The maximum Gasteiger partial charge on any atom is 0.339 e. The van der Waals surface area contributed by atoms with E-state index in [2.05, 4.69) is 4.98 Å². The molecule has 0 spiro atoms. The van der Waals surface area contributed by atoms with Crippen molar-refractivity contribution in [2.75, 3.05) is 0 Å². The molecule has 0 saturated carbocycles. The molecule has 1 aromatic carbocycles. The fourth-order valence-electron chi connectivity index (χ4n) is 1.62. The zero-order valence-electron chi connectivity index (χ0n) is 8.70. The van der Waals surface area contributed by atoms with Crippen LogP contribution in [0, 0.1) is 0 Å². The van der Waals surface area contributed by atoms with Gasteiger partial charge < -0.3 is 5.11 Å². The van der Waals surface area contributed by atoms with Crippen molar-refractivity contribution in [1.29, 1.82) is 0 Å². The van der Waals surface area contributed by atoms with Crippen LogP contribution in [-0.2, 0) is 6.42 Å². The van der Waals surface area contributed by atoms with E-state index in [0.717, 1.165) is 17.4 Å². The minimum atomic E-state index is -1.05. The first-order valence-electron chi connectivity index (χ1n) is 4.94. The second-order valence-electron chi connectivity index (χ2n) is 3.50. The van der Waals surface area contributed by atoms with Gasteiger partial charge in [0.15, 0.2) is 0 Å². The predicted octanol–water partition coefficient (Wildman–Crippen LogP) is 3.15. The Kier molecular flexibility index (Phi) is 2.79. The number of aryl methyl sites for hydroxylation is 1. The van der Waals surface area contributed by atoms with Gasteiger partial charge in [0, 0.05) is 11.6 Å². The molecule has 3 nitrogen and oxygen atoms in total. The molecular formula is C12H10ClNO2. The summed E-state index contributed by atoms with van der Waals surface area (Å²) >= 11 is 5.85. The number of carboxylic acids is 1. The van der Waals surface area contributed by atoms with Gasteiger partial charge in [0.05, 0.1) is 10.5 Å². The van der Waals surface area contributed by atoms with E-state index in [9.17, 15) is 4.79 Å². The number of aromatic nitrogens is 1. The summed E-state index contributed by atoms with van der Waals surface area (Å²) in [6.45, 7) is 2.02. The van der Waals surface area contributed by atoms with Gasteiger partial charge in [-0.05, 0) is 24.1 Å². The van der Waals surface area contributed by atoms with Crippen molar-refractivity contribution in [1.82, 2.24) is 4.98 Å². The minimum Gasteiger partial charge on any atom is -0.478 e. The van der Waals surface area contributed by atoms with Crippen molar-refractivity contribution in [2.45, 2.75) is 13.3 Å². The Morgan fingerprint density at radius 3 is 2.88 bits per heavy atom. The van der Waals surface area contributed by atoms with E-state index < -0.39 is 5.97 Å². The minimum absolute atomic E-state index is 0.0711. The quantitative estimate of drug-likeness (QED) is 0.870. The molecule has 0 fully saturated rings. The lowest BCUT2D eigenvalue weighted by Crippen LogP contribution is -2.00. The highest BCUT2D eigenvalue weighted by Gasteiger charge is 2.14. The molecule has 16 heavy (non-hydrogen) atoms. The Morgan fingerprint density at radius 2 is 2.25 bits per heavy atom. The molecule has 0 bridgehead atoms. The van der Waals surface area contributed by atoms with E-state index in [-0.39, 0.29) is 10.6 Å². The molecule has 0 aliphatic rings. The van der Waals surface area contributed by atoms with Crippen molar-refractivity contribution in [3.05, 3.63) is 40.5 Å². The van der Waals surface area contributed by atoms with E-state index in [1.807, 2.05) is 13.0 Å². The summed E-state index contributed by atoms with van der Waals surface area (Å²) in [5.74, 6) is -1.05. The van der Waals surface area contributed by atoms with Gasteiger partial charge in [-0.15, -0.1) is 0 Å². The molecule has 2 rings (SSSR count). The van der Waals surface area contributed by atoms with Crippen molar-refractivity contribution >= 4 is 28.5 Å². The van der Waals surface area contributed by atoms with Crippen LogP contribution < -0.4 is 0 Å². The second-order valence-corrected chi connectivity index (χ2v) is 3.90. The molecule has 82 valence electrons. The molecule has 0 saturated heterocycles. The van der Waals surface area contributed by atoms with E-state index >= 15 is 0 Å². The molecule has 0 atom stereocenters. The highest BCUT2D eigenvalue weighted by Crippen LogP contribution is 2.25. The number of rotatable bonds is 2. The van der Waals surface area contributed by atoms with E-state index in [1.165, 1.54) is 0 Å². The Bertz CT molecular complexity index is 566. The molecule has 0 aliphatic heterocycles. The molecular weight excluding hydrogens is 226 g/mol. The molecule has 1 aromatic heterocycles. The van der Waals surface area contributed by atoms with Crippen LogP contribution in [0.5, 0.6) is 0 Å². The van der Waals surface area contributed by atoms with Crippen LogP contribution in [0.25, 0.3) is 10.9 Å². The van der Waals surface area contributed by atoms with Crippen LogP contribution in [0.3, 0.4) is 0 Å². The maximum absolute atomic E-state index is 11.1. The number of hydrogen-bond donors (Lipinski definition) is 1. The number of aromatic carboxylic acids is 1. The third-order valence-corrected chi connectivity index (χ3v) is 2.80. The molecule has 1 heterocycles. The molecule has 2 aromatic rings. The van der Waals surface area contributed by atoms with E-state index in [0.29, 0.717) is 5.52 Å². The normalized spacial score (nSPS) is 10.6. The third-order valence-electron chi connectivity index (χ3n) is 2.48. The molecule has 0 radical (unpaired) electrons. The van der Waals surface area contributed by atoms with E-state index in [4.69, 9.17) is 16.7 Å². The van der Waals surface area contributed by atoms with Gasteiger partial charge in [0.25, 0.3) is 0 Å². The third kappa shape index (κ3) is 1.74. The number of halogens is 1. The number of nitrogens with zero attached hydrogens (tertiary/aromatic N) is 1. The average Bonchev–Trinajstić information content (AvgIpc) is 2.27. The van der Waals surface area contributed by atoms with Crippen LogP contribution in [0.1, 0.15) is 22.8 Å². The SMILES string of the molecule is CCc1cnc2c(C(=O)O)c(Cl)ccc2c1. The number of pyridine rings is 1. The smallest absolute Gasteiger partial charge is 0.339 e. The standard InChI is InChI=1S/C12H10ClNO2/c1-2-7-5-8-3-4-9(13)10(12(15)16)11(8)14-6-7/h3-6H,2H2,1H3,(H,15,16). The van der Waals surface area contributed by atoms with Crippen molar-refractivity contribution in [3.8, 4) is 0 Å². The first-order valence-corrected chi connectivity index (χ1v) is 5.31. The Balaban J connectivity index is 2.79. The lowest BCUT2D eigenvalue weighted by atomic mass is 10.1.